The van der Waals surface area contributed by atoms with E-state index in [1.54, 1.807) is 6.20 Å². The fourth-order valence-electron chi connectivity index (χ4n) is 1.28. The van der Waals surface area contributed by atoms with Gasteiger partial charge in [-0.15, -0.1) is 0 Å². The minimum Gasteiger partial charge on any atom is -0.359 e. The number of benzene rings is 1. The van der Waals surface area contributed by atoms with Crippen molar-refractivity contribution < 1.29 is 0 Å². The number of fused-ring (bicyclic) bond motifs is 1. The van der Waals surface area contributed by atoms with Crippen LogP contribution in [0.3, 0.4) is 0 Å². The number of halogens is 1. The molecular weight excluding hydrogens is 279 g/mol. The van der Waals surface area contributed by atoms with Gasteiger partial charge in [-0.1, -0.05) is 6.07 Å². The second kappa shape index (κ2) is 3.37. The van der Waals surface area contributed by atoms with Crippen LogP contribution >= 0.6 is 22.9 Å². The number of hydrogen-bond acceptors (Lipinski definition) is 2. The highest BCUT2D eigenvalue weighted by atomic mass is 127. The first-order chi connectivity index (χ1) is 6.33. The van der Waals surface area contributed by atoms with Crippen molar-refractivity contribution in [3.8, 4) is 0 Å². The predicted octanol–water partition coefficient (Wildman–Crippen LogP) is 2.29. The molecule has 0 aliphatic carbocycles. The van der Waals surface area contributed by atoms with Crippen molar-refractivity contribution in [1.82, 2.24) is 4.98 Å². The highest BCUT2D eigenvalue weighted by Gasteiger charge is 2.00. The van der Waals surface area contributed by atoms with E-state index in [1.807, 2.05) is 41.1 Å². The fraction of sp³-hybridized carbons (Fsp3) is 0. The normalized spacial score (nSPS) is 10.2. The number of aromatic amines is 1. The molecule has 66 valence electrons. The van der Waals surface area contributed by atoms with E-state index in [1.165, 1.54) is 6.07 Å². The molecule has 0 radical (unpaired) electrons. The predicted molar refractivity (Wildman–Crippen MR) is 62.2 cm³/mol. The van der Waals surface area contributed by atoms with Gasteiger partial charge in [0.05, 0.1) is 34.1 Å². The summed E-state index contributed by atoms with van der Waals surface area (Å²) in [6, 6.07) is 7.12. The molecule has 0 unspecified atom stereocenters. The lowest BCUT2D eigenvalue weighted by Gasteiger charge is -2.02. The Kier molecular flexibility index (Phi) is 2.22. The Hall–Kier alpha value is -1.04. The molecule has 0 aliphatic heterocycles. The summed E-state index contributed by atoms with van der Waals surface area (Å²) in [4.78, 5) is 14.4. The summed E-state index contributed by atoms with van der Waals surface area (Å²) in [5, 5.41) is 0.712. The van der Waals surface area contributed by atoms with E-state index in [9.17, 15) is 4.79 Å². The summed E-state index contributed by atoms with van der Waals surface area (Å²) in [7, 11) is 0. The molecule has 2 rings (SSSR count). The number of pyridine rings is 1. The van der Waals surface area contributed by atoms with Gasteiger partial charge in [-0.2, -0.15) is 0 Å². The van der Waals surface area contributed by atoms with Crippen molar-refractivity contribution >= 4 is 39.5 Å². The minimum absolute atomic E-state index is 0.0438. The molecule has 0 saturated heterocycles. The third-order valence-electron chi connectivity index (χ3n) is 1.89. The highest BCUT2D eigenvalue weighted by molar-refractivity contribution is 14.1. The van der Waals surface area contributed by atoms with Gasteiger partial charge < -0.3 is 8.51 Å². The molecule has 0 aliphatic rings. The van der Waals surface area contributed by atoms with Crippen molar-refractivity contribution in [2.75, 3.05) is 3.53 Å². The molecular formula is C9H7IN2O. The molecule has 0 spiro atoms. The van der Waals surface area contributed by atoms with Crippen molar-refractivity contribution in [2.24, 2.45) is 0 Å². The molecule has 13 heavy (non-hydrogen) atoms. The van der Waals surface area contributed by atoms with Crippen LogP contribution < -0.4 is 8.96 Å². The van der Waals surface area contributed by atoms with Crippen LogP contribution in [0.1, 0.15) is 0 Å². The zero-order valence-electron chi connectivity index (χ0n) is 6.67. The lowest BCUT2D eigenvalue weighted by molar-refractivity contribution is 1.39. The Balaban J connectivity index is 2.92. The maximum Gasteiger partial charge on any atom is 0.189 e. The Labute approximate surface area is 88.7 Å². The van der Waals surface area contributed by atoms with Crippen molar-refractivity contribution in [3.05, 3.63) is 40.7 Å². The van der Waals surface area contributed by atoms with Crippen LogP contribution in [-0.4, -0.2) is 4.98 Å². The standard InChI is InChI=1S/C9H7IN2O/c10-12-7-3-1-2-6-8(13)4-5-11-9(6)7/h1-5,12H,(H,11,13). The van der Waals surface area contributed by atoms with Gasteiger partial charge in [0.15, 0.2) is 5.43 Å². The zero-order chi connectivity index (χ0) is 9.26. The topological polar surface area (TPSA) is 44.9 Å². The number of nitrogens with one attached hydrogen (secondary N) is 2. The molecule has 2 N–H and O–H groups in total. The largest absolute Gasteiger partial charge is 0.359 e. The first-order valence-corrected chi connectivity index (χ1v) is 4.88. The lowest BCUT2D eigenvalue weighted by atomic mass is 10.2. The average Bonchev–Trinajstić information content (AvgIpc) is 2.18. The van der Waals surface area contributed by atoms with Gasteiger partial charge in [0.25, 0.3) is 0 Å². The Morgan fingerprint density at radius 1 is 1.31 bits per heavy atom. The van der Waals surface area contributed by atoms with Crippen LogP contribution in [0, 0.1) is 0 Å². The maximum atomic E-state index is 11.4. The molecule has 1 aromatic carbocycles. The second-order valence-electron chi connectivity index (χ2n) is 2.66. The van der Waals surface area contributed by atoms with Gasteiger partial charge in [0.1, 0.15) is 0 Å². The van der Waals surface area contributed by atoms with Crippen molar-refractivity contribution in [2.45, 2.75) is 0 Å². The average molecular weight is 286 g/mol. The summed E-state index contributed by atoms with van der Waals surface area (Å²) in [6.07, 6.45) is 1.65. The van der Waals surface area contributed by atoms with Crippen LogP contribution in [0.5, 0.6) is 0 Å². The Morgan fingerprint density at radius 2 is 2.15 bits per heavy atom. The number of hydrogen-bond donors (Lipinski definition) is 2. The molecule has 1 aromatic heterocycles. The Bertz CT molecular complexity index is 492. The molecule has 2 aromatic rings. The Morgan fingerprint density at radius 3 is 2.92 bits per heavy atom. The monoisotopic (exact) mass is 286 g/mol. The van der Waals surface area contributed by atoms with Crippen LogP contribution in [0.4, 0.5) is 5.69 Å². The van der Waals surface area contributed by atoms with Gasteiger partial charge in [-0.05, 0) is 12.1 Å². The third-order valence-corrected chi connectivity index (χ3v) is 2.48. The third kappa shape index (κ3) is 1.41. The number of para-hydroxylation sites is 1. The number of rotatable bonds is 1. The fourth-order valence-corrected chi connectivity index (χ4v) is 1.73. The van der Waals surface area contributed by atoms with Crippen molar-refractivity contribution in [3.63, 3.8) is 0 Å². The molecule has 3 nitrogen and oxygen atoms in total. The van der Waals surface area contributed by atoms with E-state index in [0.717, 1.165) is 11.2 Å². The maximum absolute atomic E-state index is 11.4. The minimum atomic E-state index is 0.0438. The van der Waals surface area contributed by atoms with Crippen LogP contribution in [0.25, 0.3) is 10.9 Å². The quantitative estimate of drug-likeness (QED) is 0.624. The molecule has 0 bridgehead atoms. The van der Waals surface area contributed by atoms with Gasteiger partial charge in [0, 0.05) is 17.6 Å². The number of anilines is 1. The van der Waals surface area contributed by atoms with Gasteiger partial charge in [-0.3, -0.25) is 4.79 Å². The van der Waals surface area contributed by atoms with E-state index < -0.39 is 0 Å². The number of H-pyrrole nitrogens is 1. The SMILES string of the molecule is O=c1cc[nH]c2c(NI)cccc12. The van der Waals surface area contributed by atoms with E-state index >= 15 is 0 Å². The molecule has 0 saturated carbocycles. The molecule has 1 heterocycles. The van der Waals surface area contributed by atoms with Crippen LogP contribution in [-0.2, 0) is 0 Å². The summed E-state index contributed by atoms with van der Waals surface area (Å²) in [6.45, 7) is 0. The van der Waals surface area contributed by atoms with Crippen LogP contribution in [0.15, 0.2) is 35.3 Å². The highest BCUT2D eigenvalue weighted by Crippen LogP contribution is 2.19. The lowest BCUT2D eigenvalue weighted by Crippen LogP contribution is -2.00. The number of aromatic nitrogens is 1. The summed E-state index contributed by atoms with van der Waals surface area (Å²) in [5.41, 5.74) is 1.82. The van der Waals surface area contributed by atoms with E-state index in [-0.39, 0.29) is 5.43 Å². The molecule has 0 amide bonds. The van der Waals surface area contributed by atoms with Gasteiger partial charge in [0.2, 0.25) is 0 Å². The first kappa shape index (κ1) is 8.55. The van der Waals surface area contributed by atoms with Gasteiger partial charge in [-0.25, -0.2) is 0 Å². The smallest absolute Gasteiger partial charge is 0.189 e. The first-order valence-electron chi connectivity index (χ1n) is 3.80. The molecule has 0 fully saturated rings. The summed E-state index contributed by atoms with van der Waals surface area (Å²) in [5.74, 6) is 0. The van der Waals surface area contributed by atoms with Crippen LogP contribution in [0.2, 0.25) is 0 Å². The molecule has 0 atom stereocenters. The molecule has 4 heteroatoms. The van der Waals surface area contributed by atoms with Crippen molar-refractivity contribution in [1.29, 1.82) is 0 Å². The zero-order valence-corrected chi connectivity index (χ0v) is 8.83. The second-order valence-corrected chi connectivity index (χ2v) is 3.20. The summed E-state index contributed by atoms with van der Waals surface area (Å²) < 4.78 is 3.00. The van der Waals surface area contributed by atoms with E-state index in [4.69, 9.17) is 0 Å². The van der Waals surface area contributed by atoms with Gasteiger partial charge >= 0.3 is 0 Å². The van der Waals surface area contributed by atoms with E-state index in [2.05, 4.69) is 8.51 Å². The summed E-state index contributed by atoms with van der Waals surface area (Å²) >= 11 is 2.04. The van der Waals surface area contributed by atoms with E-state index in [0.29, 0.717) is 5.39 Å².